The molecule has 0 unspecified atom stereocenters. The second-order valence-electron chi connectivity index (χ2n) is 9.54. The lowest BCUT2D eigenvalue weighted by Crippen LogP contribution is -2.43. The number of sulfonamides is 1. The van der Waals surface area contributed by atoms with Gasteiger partial charge in [-0.15, -0.1) is 0 Å². The predicted octanol–water partition coefficient (Wildman–Crippen LogP) is 4.93. The molecule has 2 amide bonds. The highest BCUT2D eigenvalue weighted by Gasteiger charge is 2.32. The van der Waals surface area contributed by atoms with E-state index in [-0.39, 0.29) is 30.3 Å². The molecule has 2 aromatic rings. The highest BCUT2D eigenvalue weighted by Crippen LogP contribution is 2.27. The van der Waals surface area contributed by atoms with E-state index in [1.54, 1.807) is 20.8 Å². The number of halogens is 3. The normalized spacial score (nSPS) is 18.3. The first-order chi connectivity index (χ1) is 16.7. The van der Waals surface area contributed by atoms with Gasteiger partial charge in [-0.25, -0.2) is 26.4 Å². The van der Waals surface area contributed by atoms with Gasteiger partial charge >= 0.3 is 6.09 Å². The van der Waals surface area contributed by atoms with Gasteiger partial charge in [0.2, 0.25) is 10.0 Å². The number of carbonyl (C=O) groups excluding carboxylic acids is 2. The Morgan fingerprint density at radius 2 is 1.50 bits per heavy atom. The predicted molar refractivity (Wildman–Crippen MR) is 129 cm³/mol. The summed E-state index contributed by atoms with van der Waals surface area (Å²) < 4.78 is 74.2. The lowest BCUT2D eigenvalue weighted by molar-refractivity contribution is 0.0493. The average molecular weight is 528 g/mol. The minimum absolute atomic E-state index is 0.0270. The number of hydrogen-bond donors (Lipinski definition) is 3. The summed E-state index contributed by atoms with van der Waals surface area (Å²) in [5, 5.41) is 4.24. The molecule has 8 nitrogen and oxygen atoms in total. The Hall–Kier alpha value is -3.28. The van der Waals surface area contributed by atoms with Gasteiger partial charge in [0.15, 0.2) is 11.6 Å². The van der Waals surface area contributed by atoms with E-state index in [1.165, 1.54) is 6.07 Å². The summed E-state index contributed by atoms with van der Waals surface area (Å²) in [6, 6.07) is 5.57. The number of anilines is 2. The average Bonchev–Trinajstić information content (AvgIpc) is 2.76. The molecular weight excluding hydrogens is 499 g/mol. The quantitative estimate of drug-likeness (QED) is 0.493. The fourth-order valence-corrected chi connectivity index (χ4v) is 5.29. The minimum Gasteiger partial charge on any atom is -0.444 e. The van der Waals surface area contributed by atoms with E-state index in [0.29, 0.717) is 12.8 Å². The Morgan fingerprint density at radius 1 is 0.889 bits per heavy atom. The van der Waals surface area contributed by atoms with Crippen molar-refractivity contribution in [2.24, 2.45) is 0 Å². The van der Waals surface area contributed by atoms with Gasteiger partial charge in [-0.3, -0.25) is 9.52 Å². The standard InChI is InChI=1S/C24H28F3N3O5S/c1-24(2,3)35-23(32)29-14-4-8-17(9-5-14)36(33,34)30-16-7-10-19(25)18(12-16)22(31)28-15-6-11-20(26)21(27)13-15/h6-7,10-14,17,30H,4-5,8-9H2,1-3H3,(H,28,31)(H,29,32). The van der Waals surface area contributed by atoms with Crippen molar-refractivity contribution in [2.45, 2.75) is 63.3 Å². The van der Waals surface area contributed by atoms with Gasteiger partial charge in [-0.1, -0.05) is 0 Å². The van der Waals surface area contributed by atoms with Gasteiger partial charge in [0.1, 0.15) is 11.4 Å². The zero-order chi connectivity index (χ0) is 26.7. The van der Waals surface area contributed by atoms with E-state index < -0.39 is 55.9 Å². The molecule has 0 atom stereocenters. The van der Waals surface area contributed by atoms with Crippen LogP contribution < -0.4 is 15.4 Å². The van der Waals surface area contributed by atoms with Crippen molar-refractivity contribution in [3.63, 3.8) is 0 Å². The number of nitrogens with one attached hydrogen (secondary N) is 3. The third-order valence-electron chi connectivity index (χ3n) is 5.48. The summed E-state index contributed by atoms with van der Waals surface area (Å²) in [4.78, 5) is 24.4. The van der Waals surface area contributed by atoms with Crippen LogP contribution in [0.5, 0.6) is 0 Å². The van der Waals surface area contributed by atoms with Crippen LogP contribution in [0.25, 0.3) is 0 Å². The number of benzene rings is 2. The smallest absolute Gasteiger partial charge is 0.407 e. The maximum atomic E-state index is 14.3. The van der Waals surface area contributed by atoms with Gasteiger partial charge in [-0.2, -0.15) is 0 Å². The van der Waals surface area contributed by atoms with Gasteiger partial charge in [0.05, 0.1) is 10.8 Å². The van der Waals surface area contributed by atoms with Crippen LogP contribution in [-0.4, -0.2) is 37.3 Å². The largest absolute Gasteiger partial charge is 0.444 e. The van der Waals surface area contributed by atoms with E-state index in [4.69, 9.17) is 4.74 Å². The molecule has 0 aliphatic heterocycles. The maximum absolute atomic E-state index is 14.3. The molecule has 1 fully saturated rings. The van der Waals surface area contributed by atoms with Crippen LogP contribution in [0, 0.1) is 17.5 Å². The molecule has 36 heavy (non-hydrogen) atoms. The summed E-state index contributed by atoms with van der Waals surface area (Å²) in [6.45, 7) is 5.23. The monoisotopic (exact) mass is 527 g/mol. The Bertz CT molecular complexity index is 1240. The van der Waals surface area contributed by atoms with Crippen LogP contribution in [0.4, 0.5) is 29.3 Å². The first-order valence-electron chi connectivity index (χ1n) is 11.3. The molecule has 0 saturated heterocycles. The molecule has 3 N–H and O–H groups in total. The van der Waals surface area contributed by atoms with Crippen molar-refractivity contribution < 1.29 is 35.9 Å². The summed E-state index contributed by atoms with van der Waals surface area (Å²) in [6.07, 6.45) is 0.847. The number of carbonyl (C=O) groups is 2. The highest BCUT2D eigenvalue weighted by molar-refractivity contribution is 7.93. The van der Waals surface area contributed by atoms with Crippen LogP contribution >= 0.6 is 0 Å². The van der Waals surface area contributed by atoms with Crippen LogP contribution in [0.2, 0.25) is 0 Å². The first kappa shape index (κ1) is 27.3. The van der Waals surface area contributed by atoms with Crippen LogP contribution in [-0.2, 0) is 14.8 Å². The van der Waals surface area contributed by atoms with Gasteiger partial charge in [0, 0.05) is 23.5 Å². The zero-order valence-electron chi connectivity index (χ0n) is 20.0. The lowest BCUT2D eigenvalue weighted by atomic mass is 9.95. The van der Waals surface area contributed by atoms with Crippen molar-refractivity contribution in [1.29, 1.82) is 0 Å². The molecule has 0 spiro atoms. The Kier molecular flexibility index (Phi) is 8.17. The summed E-state index contributed by atoms with van der Waals surface area (Å²) in [5.41, 5.74) is -1.25. The van der Waals surface area contributed by atoms with E-state index in [2.05, 4.69) is 15.4 Å². The Morgan fingerprint density at radius 3 is 2.11 bits per heavy atom. The lowest BCUT2D eigenvalue weighted by Gasteiger charge is -2.30. The molecule has 2 aromatic carbocycles. The Balaban J connectivity index is 1.62. The van der Waals surface area contributed by atoms with Crippen molar-refractivity contribution in [1.82, 2.24) is 5.32 Å². The van der Waals surface area contributed by atoms with E-state index >= 15 is 0 Å². The van der Waals surface area contributed by atoms with Crippen molar-refractivity contribution in [3.05, 3.63) is 59.4 Å². The van der Waals surface area contributed by atoms with Gasteiger partial charge in [-0.05, 0) is 76.8 Å². The van der Waals surface area contributed by atoms with Crippen molar-refractivity contribution in [2.75, 3.05) is 10.0 Å². The third-order valence-corrected chi connectivity index (χ3v) is 7.35. The number of hydrogen-bond acceptors (Lipinski definition) is 5. The van der Waals surface area contributed by atoms with E-state index in [0.717, 1.165) is 30.3 Å². The molecule has 0 bridgehead atoms. The van der Waals surface area contributed by atoms with Crippen LogP contribution in [0.15, 0.2) is 36.4 Å². The second-order valence-corrected chi connectivity index (χ2v) is 11.5. The van der Waals surface area contributed by atoms with E-state index in [9.17, 15) is 31.2 Å². The summed E-state index contributed by atoms with van der Waals surface area (Å²) >= 11 is 0. The minimum atomic E-state index is -3.88. The number of amides is 2. The van der Waals surface area contributed by atoms with Gasteiger partial charge in [0.25, 0.3) is 5.91 Å². The third kappa shape index (κ3) is 7.36. The molecule has 0 radical (unpaired) electrons. The number of ether oxygens (including phenoxy) is 1. The summed E-state index contributed by atoms with van der Waals surface area (Å²) in [5.74, 6) is -4.18. The zero-order valence-corrected chi connectivity index (χ0v) is 20.8. The fourth-order valence-electron chi connectivity index (χ4n) is 3.77. The molecule has 3 rings (SSSR count). The number of rotatable bonds is 6. The van der Waals surface area contributed by atoms with Crippen LogP contribution in [0.3, 0.4) is 0 Å². The fraction of sp³-hybridized carbons (Fsp3) is 0.417. The van der Waals surface area contributed by atoms with Crippen molar-refractivity contribution >= 4 is 33.4 Å². The molecule has 1 aliphatic carbocycles. The molecule has 12 heteroatoms. The number of alkyl carbamates (subject to hydrolysis) is 1. The molecule has 1 saturated carbocycles. The molecule has 1 aliphatic rings. The van der Waals surface area contributed by atoms with Crippen molar-refractivity contribution in [3.8, 4) is 0 Å². The molecular formula is C24H28F3N3O5S. The molecule has 0 heterocycles. The second kappa shape index (κ2) is 10.8. The SMILES string of the molecule is CC(C)(C)OC(=O)NC1CCC(S(=O)(=O)Nc2ccc(F)c(C(=O)Nc3ccc(F)c(F)c3)c2)CC1. The molecule has 196 valence electrons. The Labute approximate surface area is 207 Å². The van der Waals surface area contributed by atoms with Gasteiger partial charge < -0.3 is 15.4 Å². The van der Waals surface area contributed by atoms with E-state index in [1.807, 2.05) is 0 Å². The van der Waals surface area contributed by atoms with Crippen LogP contribution in [0.1, 0.15) is 56.8 Å². The highest BCUT2D eigenvalue weighted by atomic mass is 32.2. The topological polar surface area (TPSA) is 114 Å². The first-order valence-corrected chi connectivity index (χ1v) is 12.9. The summed E-state index contributed by atoms with van der Waals surface area (Å²) in [7, 11) is -3.88. The molecule has 0 aromatic heterocycles. The maximum Gasteiger partial charge on any atom is 0.407 e.